The number of carbonyl (C=O) groups excluding carboxylic acids is 2. The van der Waals surface area contributed by atoms with E-state index >= 15 is 0 Å². The van der Waals surface area contributed by atoms with Crippen LogP contribution in [0, 0.1) is 0 Å². The number of halogens is 1. The Morgan fingerprint density at radius 3 is 2.91 bits per heavy atom. The molecule has 11 heavy (non-hydrogen) atoms. The molecule has 1 aliphatic heterocycles. The molecule has 0 radical (unpaired) electrons. The van der Waals surface area contributed by atoms with E-state index in [4.69, 9.17) is 11.6 Å². The van der Waals surface area contributed by atoms with E-state index in [9.17, 15) is 9.59 Å². The van der Waals surface area contributed by atoms with E-state index in [1.165, 1.54) is 18.3 Å². The zero-order valence-corrected chi connectivity index (χ0v) is 6.09. The van der Waals surface area contributed by atoms with E-state index in [0.717, 1.165) is 0 Å². The Bertz CT molecular complexity index is 295. The molecule has 0 bridgehead atoms. The van der Waals surface area contributed by atoms with Crippen molar-refractivity contribution >= 4 is 23.8 Å². The van der Waals surface area contributed by atoms with Gasteiger partial charge in [0.25, 0.3) is 0 Å². The topological polar surface area (TPSA) is 43.4 Å². The van der Waals surface area contributed by atoms with Crippen LogP contribution in [0.15, 0.2) is 28.7 Å². The fourth-order valence-electron chi connectivity index (χ4n) is 0.591. The Balaban J connectivity index is 3.16. The molecule has 0 spiro atoms. The number of rotatable bonds is 1. The number of carbonyl (C=O) groups is 1. The molecule has 4 heteroatoms. The Kier molecular flexibility index (Phi) is 2.26. The summed E-state index contributed by atoms with van der Waals surface area (Å²) < 4.78 is 4.64. The van der Waals surface area contributed by atoms with Crippen LogP contribution in [0.25, 0.3) is 0 Å². The molecule has 0 atom stereocenters. The number of hydrogen-bond acceptors (Lipinski definition) is 3. The van der Waals surface area contributed by atoms with Crippen molar-refractivity contribution in [1.82, 2.24) is 0 Å². The summed E-state index contributed by atoms with van der Waals surface area (Å²) in [7, 11) is 0. The van der Waals surface area contributed by atoms with E-state index < -0.39 is 0 Å². The van der Waals surface area contributed by atoms with Crippen LogP contribution in [-0.2, 0) is 14.3 Å². The predicted octanol–water partition coefficient (Wildman–Crippen LogP) is 0.938. The maximum atomic E-state index is 10.2. The number of hydrogen-bond donors (Lipinski definition) is 0. The molecular formula is C7H3ClO3. The summed E-state index contributed by atoms with van der Waals surface area (Å²) in [5.74, 6) is 1.31. The standard InChI is InChI=1S/C7H3ClO3/c8-7-5(3-9)1-2-11-6(7)4-10/h1-3H. The van der Waals surface area contributed by atoms with Gasteiger partial charge >= 0.3 is 0 Å². The van der Waals surface area contributed by atoms with Crippen molar-refractivity contribution in [2.75, 3.05) is 0 Å². The highest BCUT2D eigenvalue weighted by Gasteiger charge is 2.12. The quantitative estimate of drug-likeness (QED) is 0.435. The van der Waals surface area contributed by atoms with E-state index in [0.29, 0.717) is 6.29 Å². The van der Waals surface area contributed by atoms with Crippen LogP contribution in [0.5, 0.6) is 0 Å². The fraction of sp³-hybridized carbons (Fsp3) is 0. The van der Waals surface area contributed by atoms with E-state index in [1.54, 1.807) is 0 Å². The minimum Gasteiger partial charge on any atom is -0.452 e. The van der Waals surface area contributed by atoms with Gasteiger partial charge in [-0.25, -0.2) is 4.79 Å². The maximum absolute atomic E-state index is 10.2. The second kappa shape index (κ2) is 3.19. The van der Waals surface area contributed by atoms with Gasteiger partial charge in [0.05, 0.1) is 6.26 Å². The van der Waals surface area contributed by atoms with Crippen molar-refractivity contribution in [3.8, 4) is 0 Å². The summed E-state index contributed by atoms with van der Waals surface area (Å²) in [4.78, 5) is 20.3. The fourth-order valence-corrected chi connectivity index (χ4v) is 0.782. The largest absolute Gasteiger partial charge is 0.452 e. The Morgan fingerprint density at radius 2 is 2.36 bits per heavy atom. The van der Waals surface area contributed by atoms with Crippen LogP contribution in [0.1, 0.15) is 0 Å². The highest BCUT2D eigenvalue weighted by atomic mass is 35.5. The van der Waals surface area contributed by atoms with Crippen LogP contribution in [-0.4, -0.2) is 12.2 Å². The predicted molar refractivity (Wildman–Crippen MR) is 38.4 cm³/mol. The van der Waals surface area contributed by atoms with Gasteiger partial charge in [0, 0.05) is 5.57 Å². The van der Waals surface area contributed by atoms with Gasteiger partial charge in [-0.1, -0.05) is 11.6 Å². The first-order valence-corrected chi connectivity index (χ1v) is 3.11. The van der Waals surface area contributed by atoms with Gasteiger partial charge < -0.3 is 4.74 Å². The molecule has 0 aromatic heterocycles. The first kappa shape index (κ1) is 7.79. The van der Waals surface area contributed by atoms with Crippen molar-refractivity contribution in [3.05, 3.63) is 28.7 Å². The molecule has 0 saturated heterocycles. The Hall–Kier alpha value is -1.31. The molecule has 0 amide bonds. The van der Waals surface area contributed by atoms with Crippen LogP contribution >= 0.6 is 11.6 Å². The molecule has 0 aromatic carbocycles. The maximum Gasteiger partial charge on any atom is 0.228 e. The molecule has 0 N–H and O–H groups in total. The SMILES string of the molecule is O=C=C1OC=CC(C=O)=C1Cl. The number of ether oxygens (including phenoxy) is 1. The van der Waals surface area contributed by atoms with Crippen molar-refractivity contribution in [2.45, 2.75) is 0 Å². The van der Waals surface area contributed by atoms with Gasteiger partial charge in [0.15, 0.2) is 12.2 Å². The first-order chi connectivity index (χ1) is 5.29. The summed E-state index contributed by atoms with van der Waals surface area (Å²) in [5.41, 5.74) is 0.219. The summed E-state index contributed by atoms with van der Waals surface area (Å²) in [5, 5.41) is -0.00231. The summed E-state index contributed by atoms with van der Waals surface area (Å²) >= 11 is 5.52. The second-order valence-electron chi connectivity index (χ2n) is 1.74. The summed E-state index contributed by atoms with van der Waals surface area (Å²) in [6, 6.07) is 0. The zero-order valence-electron chi connectivity index (χ0n) is 5.33. The third kappa shape index (κ3) is 1.40. The highest BCUT2D eigenvalue weighted by molar-refractivity contribution is 6.34. The summed E-state index contributed by atoms with van der Waals surface area (Å²) in [6.07, 6.45) is 3.12. The number of aldehydes is 1. The Morgan fingerprint density at radius 1 is 1.64 bits per heavy atom. The van der Waals surface area contributed by atoms with Crippen molar-refractivity contribution in [2.24, 2.45) is 0 Å². The average molecular weight is 171 g/mol. The van der Waals surface area contributed by atoms with Gasteiger partial charge in [-0.15, -0.1) is 0 Å². The monoisotopic (exact) mass is 170 g/mol. The van der Waals surface area contributed by atoms with Crippen molar-refractivity contribution in [1.29, 1.82) is 0 Å². The molecule has 1 aliphatic rings. The summed E-state index contributed by atoms with van der Waals surface area (Å²) in [6.45, 7) is 0. The third-order valence-electron chi connectivity index (χ3n) is 1.11. The van der Waals surface area contributed by atoms with Crippen molar-refractivity contribution in [3.63, 3.8) is 0 Å². The van der Waals surface area contributed by atoms with Crippen LogP contribution in [0.2, 0.25) is 0 Å². The van der Waals surface area contributed by atoms with Crippen LogP contribution in [0.4, 0.5) is 0 Å². The molecule has 0 aliphatic carbocycles. The number of allylic oxidation sites excluding steroid dienone is 3. The smallest absolute Gasteiger partial charge is 0.228 e. The normalized spacial score (nSPS) is 15.9. The lowest BCUT2D eigenvalue weighted by Gasteiger charge is -2.06. The van der Waals surface area contributed by atoms with Gasteiger partial charge in [-0.2, -0.15) is 0 Å². The van der Waals surface area contributed by atoms with E-state index in [1.807, 2.05) is 0 Å². The van der Waals surface area contributed by atoms with E-state index in [-0.39, 0.29) is 16.4 Å². The van der Waals surface area contributed by atoms with E-state index in [2.05, 4.69) is 4.74 Å². The molecule has 1 rings (SSSR count). The molecule has 56 valence electrons. The molecule has 3 nitrogen and oxygen atoms in total. The highest BCUT2D eigenvalue weighted by Crippen LogP contribution is 2.22. The van der Waals surface area contributed by atoms with Crippen molar-refractivity contribution < 1.29 is 14.3 Å². The molecule has 0 unspecified atom stereocenters. The lowest BCUT2D eigenvalue weighted by molar-refractivity contribution is -0.104. The lowest BCUT2D eigenvalue weighted by Crippen LogP contribution is -1.97. The van der Waals surface area contributed by atoms with Gasteiger partial charge in [0.1, 0.15) is 5.03 Å². The second-order valence-corrected chi connectivity index (χ2v) is 2.12. The molecule has 0 saturated carbocycles. The molecule has 1 heterocycles. The van der Waals surface area contributed by atoms with Gasteiger partial charge in [0.2, 0.25) is 5.76 Å². The average Bonchev–Trinajstić information content (AvgIpc) is 2.05. The zero-order chi connectivity index (χ0) is 8.27. The third-order valence-corrected chi connectivity index (χ3v) is 1.50. The lowest BCUT2D eigenvalue weighted by atomic mass is 10.2. The first-order valence-electron chi connectivity index (χ1n) is 2.73. The Labute approximate surface area is 67.6 Å². The van der Waals surface area contributed by atoms with Crippen LogP contribution < -0.4 is 0 Å². The van der Waals surface area contributed by atoms with Crippen LogP contribution in [0.3, 0.4) is 0 Å². The van der Waals surface area contributed by atoms with Gasteiger partial charge in [-0.05, 0) is 6.08 Å². The van der Waals surface area contributed by atoms with Gasteiger partial charge in [-0.3, -0.25) is 4.79 Å². The molecule has 0 aromatic rings. The molecule has 0 fully saturated rings. The molecular weight excluding hydrogens is 168 g/mol. The minimum atomic E-state index is -0.156. The minimum absolute atomic E-state index is 0.00231.